The van der Waals surface area contributed by atoms with Gasteiger partial charge in [0.1, 0.15) is 10.1 Å². The molecule has 0 atom stereocenters. The number of hydrogen-bond acceptors (Lipinski definition) is 3. The molecule has 2 aromatic carbocycles. The molecule has 0 saturated carbocycles. The number of halogens is 16. The van der Waals surface area contributed by atoms with Gasteiger partial charge in [-0.2, -0.15) is 61.5 Å². The average molecular weight is 660 g/mol. The molecule has 0 fully saturated rings. The molecule has 0 amide bonds. The van der Waals surface area contributed by atoms with E-state index in [0.717, 1.165) is 6.07 Å². The van der Waals surface area contributed by atoms with E-state index in [1.54, 1.807) is 0 Å². The smallest absolute Gasteiger partial charge is 0.744 e. The Labute approximate surface area is 255 Å². The molecule has 0 aromatic heterocycles. The Morgan fingerprint density at radius 1 is 0.625 bits per heavy atom. The van der Waals surface area contributed by atoms with E-state index >= 15 is 0 Å². The van der Waals surface area contributed by atoms with Crippen molar-refractivity contribution >= 4 is 20.9 Å². The summed E-state index contributed by atoms with van der Waals surface area (Å²) in [5.74, 6) is -55.4. The predicted molar refractivity (Wildman–Crippen MR) is 96.2 cm³/mol. The monoisotopic (exact) mass is 660 g/mol. The van der Waals surface area contributed by atoms with Crippen LogP contribution in [-0.2, 0) is 16.5 Å². The van der Waals surface area contributed by atoms with Crippen LogP contribution in [0.4, 0.5) is 70.2 Å². The van der Waals surface area contributed by atoms with Gasteiger partial charge < -0.3 is 4.55 Å². The molecule has 222 valence electrons. The van der Waals surface area contributed by atoms with Gasteiger partial charge in [-0.1, -0.05) is 30.3 Å². The Bertz CT molecular complexity index is 1340. The van der Waals surface area contributed by atoms with Crippen LogP contribution in [0.25, 0.3) is 10.8 Å². The summed E-state index contributed by atoms with van der Waals surface area (Å²) >= 11 is 0. The van der Waals surface area contributed by atoms with Crippen molar-refractivity contribution in [2.24, 2.45) is 0 Å². The van der Waals surface area contributed by atoms with Crippen molar-refractivity contribution in [3.05, 3.63) is 42.0 Å². The maximum Gasteiger partial charge on any atom is 1.00 e. The fraction of sp³-hybridized carbons (Fsp3) is 0.474. The van der Waals surface area contributed by atoms with Crippen molar-refractivity contribution in [1.82, 2.24) is 0 Å². The van der Waals surface area contributed by atoms with E-state index in [2.05, 4.69) is 0 Å². The summed E-state index contributed by atoms with van der Waals surface area (Å²) in [5, 5.41) is -1.63. The molecule has 0 saturated heterocycles. The van der Waals surface area contributed by atoms with Crippen LogP contribution in [0, 0.1) is 0 Å². The molecule has 0 spiro atoms. The Hall–Kier alpha value is -0.874. The van der Waals surface area contributed by atoms with Gasteiger partial charge in [-0.15, -0.1) is 0 Å². The van der Waals surface area contributed by atoms with Gasteiger partial charge in [-0.05, 0) is 22.4 Å². The zero-order valence-corrected chi connectivity index (χ0v) is 22.9. The van der Waals surface area contributed by atoms with Crippen LogP contribution >= 0.6 is 0 Å². The molecule has 40 heavy (non-hydrogen) atoms. The van der Waals surface area contributed by atoms with Gasteiger partial charge in [0.2, 0.25) is 0 Å². The van der Waals surface area contributed by atoms with E-state index in [9.17, 15) is 83.2 Å². The van der Waals surface area contributed by atoms with Gasteiger partial charge in [0, 0.05) is 6.42 Å². The first-order chi connectivity index (χ1) is 17.1. The summed E-state index contributed by atoms with van der Waals surface area (Å²) in [6.07, 6.45) is -8.76. The molecule has 0 N–H and O–H groups in total. The van der Waals surface area contributed by atoms with Gasteiger partial charge in [-0.3, -0.25) is 0 Å². The van der Waals surface area contributed by atoms with E-state index in [1.807, 2.05) is 0 Å². The molecule has 0 aliphatic rings. The SMILES string of the molecule is O=S(=O)([O-])c1cccc2c(CC(F)(F)C(F)(F)C(F)(F)C(F)(F)C(F)(F)C(F)(F)C(F)(F)C(F)F)cccc12.[K+]. The molecule has 0 bridgehead atoms. The Kier molecular flexibility index (Phi) is 10.2. The minimum absolute atomic E-state index is 0. The van der Waals surface area contributed by atoms with Gasteiger partial charge in [-0.25, -0.2) is 17.2 Å². The van der Waals surface area contributed by atoms with Gasteiger partial charge >= 0.3 is 99.3 Å². The summed E-state index contributed by atoms with van der Waals surface area (Å²) in [4.78, 5) is -1.16. The number of benzene rings is 2. The zero-order valence-electron chi connectivity index (χ0n) is 18.9. The third kappa shape index (κ3) is 5.47. The molecule has 3 nitrogen and oxygen atoms in total. The summed E-state index contributed by atoms with van der Waals surface area (Å²) in [6.45, 7) is 0. The van der Waals surface area contributed by atoms with E-state index in [1.165, 1.54) is 0 Å². The normalized spacial score (nSPS) is 14.9. The molecule has 0 radical (unpaired) electrons. The third-order valence-corrected chi connectivity index (χ3v) is 6.28. The number of fused-ring (bicyclic) bond motifs is 1. The Morgan fingerprint density at radius 2 is 1.02 bits per heavy atom. The molecular formula is C19H9F16KO3S. The zero-order chi connectivity index (χ0) is 30.8. The molecular weight excluding hydrogens is 651 g/mol. The van der Waals surface area contributed by atoms with Crippen LogP contribution in [0.1, 0.15) is 5.56 Å². The molecule has 2 aromatic rings. The first-order valence-corrected chi connectivity index (χ1v) is 10.9. The fourth-order valence-electron chi connectivity index (χ4n) is 3.24. The van der Waals surface area contributed by atoms with E-state index in [-0.39, 0.29) is 51.4 Å². The van der Waals surface area contributed by atoms with Crippen molar-refractivity contribution in [3.63, 3.8) is 0 Å². The molecule has 0 aliphatic carbocycles. The third-order valence-electron chi connectivity index (χ3n) is 5.38. The van der Waals surface area contributed by atoms with Crippen molar-refractivity contribution in [3.8, 4) is 0 Å². The fourth-order valence-corrected chi connectivity index (χ4v) is 3.93. The maximum absolute atomic E-state index is 14.4. The minimum atomic E-state index is -8.52. The van der Waals surface area contributed by atoms with Gasteiger partial charge in [0.15, 0.2) is 0 Å². The van der Waals surface area contributed by atoms with Crippen molar-refractivity contribution in [2.75, 3.05) is 0 Å². The summed E-state index contributed by atoms with van der Waals surface area (Å²) in [5.41, 5.74) is -1.29. The van der Waals surface area contributed by atoms with Gasteiger partial charge in [0.05, 0.1) is 4.90 Å². The maximum atomic E-state index is 14.4. The molecule has 0 aliphatic heterocycles. The Balaban J connectivity index is 0.00000800. The second-order valence-electron chi connectivity index (χ2n) is 7.90. The number of rotatable bonds is 10. The quantitative estimate of drug-likeness (QED) is 0.220. The standard InChI is InChI=1S/C19H10F16O3S.K/c20-12(21)14(24,25)16(28,29)18(32,33)19(34,35)17(30,31)15(26,27)13(22,23)7-8-3-1-5-10-9(8)4-2-6-11(10)39(36,37)38;/h1-6,12H,7H2,(H,36,37,38);/q;+1/p-1. The minimum Gasteiger partial charge on any atom is -0.744 e. The summed E-state index contributed by atoms with van der Waals surface area (Å²) in [6, 6.07) is 3.62. The molecule has 21 heteroatoms. The summed E-state index contributed by atoms with van der Waals surface area (Å²) < 4.78 is 250. The van der Waals surface area contributed by atoms with Crippen molar-refractivity contribution in [2.45, 2.75) is 59.2 Å². The van der Waals surface area contributed by atoms with Crippen LogP contribution in [0.2, 0.25) is 0 Å². The second-order valence-corrected chi connectivity index (χ2v) is 9.25. The first kappa shape index (κ1) is 37.2. The van der Waals surface area contributed by atoms with E-state index in [0.29, 0.717) is 30.3 Å². The largest absolute Gasteiger partial charge is 1.00 e. The van der Waals surface area contributed by atoms with Crippen LogP contribution < -0.4 is 51.4 Å². The Morgan fingerprint density at radius 3 is 1.48 bits per heavy atom. The second kappa shape index (κ2) is 11.0. The van der Waals surface area contributed by atoms with E-state index < -0.39 is 85.7 Å². The van der Waals surface area contributed by atoms with Crippen molar-refractivity contribution in [1.29, 1.82) is 0 Å². The average Bonchev–Trinajstić information content (AvgIpc) is 2.77. The number of alkyl halides is 16. The van der Waals surface area contributed by atoms with Crippen LogP contribution in [0.15, 0.2) is 41.3 Å². The predicted octanol–water partition coefficient (Wildman–Crippen LogP) is 4.00. The summed E-state index contributed by atoms with van der Waals surface area (Å²) in [7, 11) is -5.38. The van der Waals surface area contributed by atoms with E-state index in [4.69, 9.17) is 0 Å². The van der Waals surface area contributed by atoms with Crippen LogP contribution in [0.5, 0.6) is 0 Å². The molecule has 2 rings (SSSR count). The van der Waals surface area contributed by atoms with Crippen molar-refractivity contribution < 1.29 is 135 Å². The number of hydrogen-bond donors (Lipinski definition) is 0. The topological polar surface area (TPSA) is 57.2 Å². The van der Waals surface area contributed by atoms with Gasteiger partial charge in [0.25, 0.3) is 0 Å². The first-order valence-electron chi connectivity index (χ1n) is 9.52. The molecule has 0 unspecified atom stereocenters. The molecule has 0 heterocycles. The van der Waals surface area contributed by atoms with Crippen LogP contribution in [0.3, 0.4) is 0 Å². The van der Waals surface area contributed by atoms with Crippen LogP contribution in [-0.4, -0.2) is 60.9 Å².